The van der Waals surface area contributed by atoms with E-state index in [-0.39, 0.29) is 11.6 Å². The van der Waals surface area contributed by atoms with E-state index in [0.29, 0.717) is 29.4 Å². The molecule has 4 nitrogen and oxygen atoms in total. The minimum Gasteiger partial charge on any atom is -0.507 e. The van der Waals surface area contributed by atoms with Gasteiger partial charge >= 0.3 is 0 Å². The molecule has 3 N–H and O–H groups in total. The summed E-state index contributed by atoms with van der Waals surface area (Å²) in [5, 5.41) is 17.6. The molecule has 0 atom stereocenters. The summed E-state index contributed by atoms with van der Waals surface area (Å²) in [6, 6.07) is 11.6. The van der Waals surface area contributed by atoms with Crippen LogP contribution in [-0.4, -0.2) is 15.9 Å². The van der Waals surface area contributed by atoms with E-state index >= 15 is 0 Å². The number of aromatic hydroxyl groups is 1. The molecule has 0 amide bonds. The molecular weight excluding hydrogens is 325 g/mol. The van der Waals surface area contributed by atoms with Crippen molar-refractivity contribution in [2.24, 2.45) is 5.10 Å². The van der Waals surface area contributed by atoms with Crippen LogP contribution in [0.5, 0.6) is 5.75 Å². The van der Waals surface area contributed by atoms with Gasteiger partial charge in [-0.1, -0.05) is 30.7 Å². The Balaban J connectivity index is 1.98. The van der Waals surface area contributed by atoms with E-state index in [9.17, 15) is 9.50 Å². The molecule has 24 heavy (non-hydrogen) atoms. The lowest BCUT2D eigenvalue weighted by Crippen LogP contribution is -2.32. The summed E-state index contributed by atoms with van der Waals surface area (Å²) in [6.45, 7) is 4.38. The van der Waals surface area contributed by atoms with Crippen LogP contribution in [0, 0.1) is 12.7 Å². The zero-order valence-electron chi connectivity index (χ0n) is 13.6. The molecule has 0 aliphatic heterocycles. The summed E-state index contributed by atoms with van der Waals surface area (Å²) >= 11 is 5.19. The second kappa shape index (κ2) is 8.40. The minimum atomic E-state index is -0.269. The molecule has 2 aromatic rings. The molecule has 2 aromatic carbocycles. The van der Waals surface area contributed by atoms with Gasteiger partial charge in [0, 0.05) is 12.1 Å². The Labute approximate surface area is 146 Å². The van der Waals surface area contributed by atoms with Crippen molar-refractivity contribution in [2.45, 2.75) is 26.8 Å². The maximum Gasteiger partial charge on any atom is 0.187 e. The van der Waals surface area contributed by atoms with Gasteiger partial charge < -0.3 is 10.4 Å². The molecule has 0 spiro atoms. The molecule has 6 heteroatoms. The number of nitrogens with zero attached hydrogens (tertiary/aromatic N) is 1. The van der Waals surface area contributed by atoms with Crippen LogP contribution >= 0.6 is 12.2 Å². The van der Waals surface area contributed by atoms with Gasteiger partial charge in [0.25, 0.3) is 0 Å². The topological polar surface area (TPSA) is 56.7 Å². The molecule has 0 aliphatic rings. The van der Waals surface area contributed by atoms with E-state index in [1.165, 1.54) is 12.1 Å². The molecule has 0 aromatic heterocycles. The normalized spacial score (nSPS) is 11.2. The molecule has 0 saturated carbocycles. The van der Waals surface area contributed by atoms with E-state index in [2.05, 4.69) is 15.8 Å². The summed E-state index contributed by atoms with van der Waals surface area (Å²) < 4.78 is 12.9. The number of thiocarbonyl (C=S) groups is 1. The number of hydrazone groups is 1. The van der Waals surface area contributed by atoms with Crippen molar-refractivity contribution in [3.63, 3.8) is 0 Å². The Morgan fingerprint density at radius 3 is 2.58 bits per heavy atom. The second-order valence-electron chi connectivity index (χ2n) is 5.35. The van der Waals surface area contributed by atoms with Crippen LogP contribution in [0.15, 0.2) is 47.6 Å². The second-order valence-corrected chi connectivity index (χ2v) is 5.76. The zero-order chi connectivity index (χ0) is 17.5. The van der Waals surface area contributed by atoms with Crippen LogP contribution in [0.2, 0.25) is 0 Å². The van der Waals surface area contributed by atoms with Crippen LogP contribution in [0.1, 0.15) is 30.0 Å². The minimum absolute atomic E-state index is 0.188. The van der Waals surface area contributed by atoms with Gasteiger partial charge in [0.05, 0.1) is 5.71 Å². The highest BCUT2D eigenvalue weighted by Crippen LogP contribution is 2.20. The third-order valence-electron chi connectivity index (χ3n) is 3.46. The van der Waals surface area contributed by atoms with Crippen molar-refractivity contribution in [3.05, 3.63) is 65.0 Å². The highest BCUT2D eigenvalue weighted by molar-refractivity contribution is 7.80. The van der Waals surface area contributed by atoms with Gasteiger partial charge in [0.1, 0.15) is 11.6 Å². The molecule has 0 aliphatic carbocycles. The number of phenols is 1. The number of hydrogen-bond donors (Lipinski definition) is 3. The van der Waals surface area contributed by atoms with Crippen molar-refractivity contribution in [3.8, 4) is 5.75 Å². The number of hydrogen-bond acceptors (Lipinski definition) is 3. The third kappa shape index (κ3) is 5.03. The van der Waals surface area contributed by atoms with Gasteiger partial charge in [0.15, 0.2) is 5.11 Å². The van der Waals surface area contributed by atoms with Crippen LogP contribution < -0.4 is 10.7 Å². The average molecular weight is 345 g/mol. The smallest absolute Gasteiger partial charge is 0.187 e. The predicted octanol–water partition coefficient (Wildman–Crippen LogP) is 3.62. The van der Waals surface area contributed by atoms with Crippen molar-refractivity contribution in [1.82, 2.24) is 10.7 Å². The standard InChI is InChI=1S/C18H20FN3OS/c1-3-16(15-10-12(2)4-9-17(15)23)21-22-18(24)20-11-13-5-7-14(19)8-6-13/h4-10,23H,3,11H2,1-2H3,(H2,20,22,24)/b21-16+. The number of aryl methyl sites for hydroxylation is 1. The van der Waals surface area contributed by atoms with Gasteiger partial charge in [-0.2, -0.15) is 5.10 Å². The van der Waals surface area contributed by atoms with Crippen LogP contribution in [-0.2, 0) is 6.54 Å². The van der Waals surface area contributed by atoms with Crippen LogP contribution in [0.25, 0.3) is 0 Å². The van der Waals surface area contributed by atoms with Crippen molar-refractivity contribution >= 4 is 23.0 Å². The van der Waals surface area contributed by atoms with E-state index in [0.717, 1.165) is 11.1 Å². The Morgan fingerprint density at radius 2 is 1.92 bits per heavy atom. The SMILES string of the molecule is CC/C(=N\NC(=S)NCc1ccc(F)cc1)c1cc(C)ccc1O. The molecule has 0 heterocycles. The largest absolute Gasteiger partial charge is 0.507 e. The first kappa shape index (κ1) is 17.9. The van der Waals surface area contributed by atoms with Crippen LogP contribution in [0.4, 0.5) is 4.39 Å². The van der Waals surface area contributed by atoms with E-state index < -0.39 is 0 Å². The van der Waals surface area contributed by atoms with Gasteiger partial charge in [-0.05, 0) is 55.4 Å². The third-order valence-corrected chi connectivity index (χ3v) is 3.69. The first-order valence-electron chi connectivity index (χ1n) is 7.64. The quantitative estimate of drug-likeness (QED) is 0.440. The van der Waals surface area contributed by atoms with Crippen LogP contribution in [0.3, 0.4) is 0 Å². The van der Waals surface area contributed by atoms with Gasteiger partial charge in [0.2, 0.25) is 0 Å². The zero-order valence-corrected chi connectivity index (χ0v) is 14.5. The van der Waals surface area contributed by atoms with Crippen molar-refractivity contribution in [1.29, 1.82) is 0 Å². The number of rotatable bonds is 5. The monoisotopic (exact) mass is 345 g/mol. The molecule has 0 radical (unpaired) electrons. The Bertz CT molecular complexity index is 744. The summed E-state index contributed by atoms with van der Waals surface area (Å²) in [6.07, 6.45) is 0.643. The lowest BCUT2D eigenvalue weighted by atomic mass is 10.0. The number of nitrogens with one attached hydrogen (secondary N) is 2. The van der Waals surface area contributed by atoms with E-state index in [4.69, 9.17) is 12.2 Å². The highest BCUT2D eigenvalue weighted by Gasteiger charge is 2.08. The van der Waals surface area contributed by atoms with Crippen molar-refractivity contribution < 1.29 is 9.50 Å². The van der Waals surface area contributed by atoms with E-state index in [1.54, 1.807) is 18.2 Å². The molecule has 0 fully saturated rings. The molecular formula is C18H20FN3OS. The fourth-order valence-electron chi connectivity index (χ4n) is 2.15. The number of phenolic OH excluding ortho intramolecular Hbond substituents is 1. The fourth-order valence-corrected chi connectivity index (χ4v) is 2.27. The Hall–Kier alpha value is -2.47. The van der Waals surface area contributed by atoms with Gasteiger partial charge in [-0.15, -0.1) is 0 Å². The summed E-state index contributed by atoms with van der Waals surface area (Å²) in [5.41, 5.74) is 6.14. The fraction of sp³-hybridized carbons (Fsp3) is 0.222. The molecule has 0 unspecified atom stereocenters. The van der Waals surface area contributed by atoms with Crippen molar-refractivity contribution in [2.75, 3.05) is 0 Å². The first-order chi connectivity index (χ1) is 11.5. The van der Waals surface area contributed by atoms with Gasteiger partial charge in [-0.25, -0.2) is 4.39 Å². The summed E-state index contributed by atoms with van der Waals surface area (Å²) in [7, 11) is 0. The number of halogens is 1. The van der Waals surface area contributed by atoms with E-state index in [1.807, 2.05) is 26.0 Å². The molecule has 0 saturated heterocycles. The molecule has 0 bridgehead atoms. The highest BCUT2D eigenvalue weighted by atomic mass is 32.1. The Kier molecular flexibility index (Phi) is 6.26. The predicted molar refractivity (Wildman–Crippen MR) is 98.6 cm³/mol. The average Bonchev–Trinajstić information content (AvgIpc) is 2.58. The lowest BCUT2D eigenvalue weighted by molar-refractivity contribution is 0.474. The Morgan fingerprint density at radius 1 is 1.21 bits per heavy atom. The first-order valence-corrected chi connectivity index (χ1v) is 8.05. The summed E-state index contributed by atoms with van der Waals surface area (Å²) in [5.74, 6) is -0.0807. The lowest BCUT2D eigenvalue weighted by Gasteiger charge is -2.10. The van der Waals surface area contributed by atoms with Gasteiger partial charge in [-0.3, -0.25) is 5.43 Å². The maximum absolute atomic E-state index is 12.9. The summed E-state index contributed by atoms with van der Waals surface area (Å²) in [4.78, 5) is 0. The molecule has 2 rings (SSSR count). The molecule has 126 valence electrons. The number of benzene rings is 2. The maximum atomic E-state index is 12.9.